The molecule has 0 bridgehead atoms. The van der Waals surface area contributed by atoms with Crippen LogP contribution in [0.4, 0.5) is 5.69 Å². The summed E-state index contributed by atoms with van der Waals surface area (Å²) in [5, 5.41) is 2.63. The molecule has 0 atom stereocenters. The Morgan fingerprint density at radius 1 is 1.03 bits per heavy atom. The van der Waals surface area contributed by atoms with Gasteiger partial charge in [-0.1, -0.05) is 34.1 Å². The number of halogens is 1. The van der Waals surface area contributed by atoms with Crippen molar-refractivity contribution in [2.45, 2.75) is 13.8 Å². The van der Waals surface area contributed by atoms with Crippen LogP contribution in [0.5, 0.6) is 0 Å². The number of nitrogens with zero attached hydrogens (tertiary/aromatic N) is 1. The molecule has 0 radical (unpaired) electrons. The molecule has 150 valence electrons. The molecule has 2 heterocycles. The zero-order valence-corrected chi connectivity index (χ0v) is 18.6. The van der Waals surface area contributed by atoms with E-state index in [1.165, 1.54) is 11.0 Å². The van der Waals surface area contributed by atoms with E-state index in [1.807, 2.05) is 50.2 Å². The highest BCUT2D eigenvalue weighted by Crippen LogP contribution is 2.31. The number of carbonyl (C=O) groups excluding carboxylic acids is 2. The van der Waals surface area contributed by atoms with Gasteiger partial charge in [0.25, 0.3) is 11.8 Å². The lowest BCUT2D eigenvalue weighted by atomic mass is 10.1. The fourth-order valence-electron chi connectivity index (χ4n) is 3.20. The number of benzene rings is 2. The van der Waals surface area contributed by atoms with Crippen LogP contribution in [-0.4, -0.2) is 16.9 Å². The molecular formula is C23H17BrN2O3S. The molecule has 0 spiro atoms. The lowest BCUT2D eigenvalue weighted by Gasteiger charge is -2.29. The summed E-state index contributed by atoms with van der Waals surface area (Å²) >= 11 is 8.78. The average Bonchev–Trinajstić information content (AvgIpc) is 3.13. The fraction of sp³-hybridized carbons (Fsp3) is 0.0870. The van der Waals surface area contributed by atoms with E-state index in [1.54, 1.807) is 18.2 Å². The number of amides is 2. The molecule has 30 heavy (non-hydrogen) atoms. The van der Waals surface area contributed by atoms with Gasteiger partial charge in [0.05, 0.1) is 5.69 Å². The molecule has 0 saturated carbocycles. The number of furan rings is 1. The van der Waals surface area contributed by atoms with Crippen LogP contribution < -0.4 is 10.2 Å². The third-order valence-corrected chi connectivity index (χ3v) is 5.61. The largest absolute Gasteiger partial charge is 0.457 e. The number of hydrogen-bond donors (Lipinski definition) is 1. The van der Waals surface area contributed by atoms with Crippen LogP contribution in [0.3, 0.4) is 0 Å². The average molecular weight is 481 g/mol. The molecule has 3 aromatic rings. The smallest absolute Gasteiger partial charge is 0.270 e. The maximum atomic E-state index is 13.1. The molecule has 1 aliphatic rings. The Labute approximate surface area is 187 Å². The molecule has 1 aromatic heterocycles. The second kappa shape index (κ2) is 8.01. The highest BCUT2D eigenvalue weighted by molar-refractivity contribution is 9.10. The van der Waals surface area contributed by atoms with E-state index in [9.17, 15) is 9.59 Å². The van der Waals surface area contributed by atoms with Crippen LogP contribution in [0.15, 0.2) is 69.1 Å². The SMILES string of the molecule is Cc1cccc(N2C(=O)/C(=C/c3ccc(-c4ccc(C)cc4Br)o3)C(=O)NC2=S)c1. The van der Waals surface area contributed by atoms with E-state index in [4.69, 9.17) is 16.6 Å². The molecule has 0 aliphatic carbocycles. The minimum absolute atomic E-state index is 0.0472. The zero-order chi connectivity index (χ0) is 21.4. The van der Waals surface area contributed by atoms with Crippen LogP contribution in [0.2, 0.25) is 0 Å². The van der Waals surface area contributed by atoms with Gasteiger partial charge in [-0.05, 0) is 79.7 Å². The monoisotopic (exact) mass is 480 g/mol. The quantitative estimate of drug-likeness (QED) is 0.319. The topological polar surface area (TPSA) is 62.6 Å². The van der Waals surface area contributed by atoms with Gasteiger partial charge in [-0.3, -0.25) is 19.8 Å². The maximum absolute atomic E-state index is 13.1. The predicted octanol–water partition coefficient (Wildman–Crippen LogP) is 5.16. The Morgan fingerprint density at radius 2 is 1.80 bits per heavy atom. The number of nitrogens with one attached hydrogen (secondary N) is 1. The summed E-state index contributed by atoms with van der Waals surface area (Å²) in [5.74, 6) is -0.0244. The zero-order valence-electron chi connectivity index (χ0n) is 16.2. The summed E-state index contributed by atoms with van der Waals surface area (Å²) < 4.78 is 6.79. The van der Waals surface area contributed by atoms with Crippen molar-refractivity contribution in [3.05, 3.63) is 81.5 Å². The fourth-order valence-corrected chi connectivity index (χ4v) is 4.17. The minimum Gasteiger partial charge on any atom is -0.457 e. The van der Waals surface area contributed by atoms with Gasteiger partial charge in [-0.25, -0.2) is 0 Å². The van der Waals surface area contributed by atoms with Gasteiger partial charge in [0.15, 0.2) is 5.11 Å². The number of anilines is 1. The molecular weight excluding hydrogens is 464 g/mol. The Kier molecular flexibility index (Phi) is 5.40. The summed E-state index contributed by atoms with van der Waals surface area (Å²) in [6.07, 6.45) is 1.44. The number of thiocarbonyl (C=S) groups is 1. The second-order valence-corrected chi connectivity index (χ2v) is 8.22. The van der Waals surface area contributed by atoms with Crippen LogP contribution >= 0.6 is 28.1 Å². The van der Waals surface area contributed by atoms with Gasteiger partial charge in [-0.2, -0.15) is 0 Å². The first-order valence-electron chi connectivity index (χ1n) is 9.18. The van der Waals surface area contributed by atoms with Gasteiger partial charge in [-0.15, -0.1) is 0 Å². The van der Waals surface area contributed by atoms with Crippen molar-refractivity contribution in [2.75, 3.05) is 4.90 Å². The number of aryl methyl sites for hydroxylation is 2. The highest BCUT2D eigenvalue weighted by atomic mass is 79.9. The number of hydrogen-bond acceptors (Lipinski definition) is 4. The Balaban J connectivity index is 1.69. The Hall–Kier alpha value is -3.03. The molecule has 4 rings (SSSR count). The van der Waals surface area contributed by atoms with Crippen molar-refractivity contribution in [1.82, 2.24) is 5.32 Å². The van der Waals surface area contributed by atoms with E-state index in [2.05, 4.69) is 21.2 Å². The van der Waals surface area contributed by atoms with Gasteiger partial charge in [0.1, 0.15) is 17.1 Å². The van der Waals surface area contributed by atoms with Crippen molar-refractivity contribution in [3.8, 4) is 11.3 Å². The minimum atomic E-state index is -0.552. The second-order valence-electron chi connectivity index (χ2n) is 6.98. The molecule has 7 heteroatoms. The van der Waals surface area contributed by atoms with Crippen LogP contribution in [0, 0.1) is 13.8 Å². The van der Waals surface area contributed by atoms with E-state index in [-0.39, 0.29) is 10.7 Å². The van der Waals surface area contributed by atoms with Crippen molar-refractivity contribution in [2.24, 2.45) is 0 Å². The van der Waals surface area contributed by atoms with Crippen LogP contribution in [0.25, 0.3) is 17.4 Å². The van der Waals surface area contributed by atoms with E-state index < -0.39 is 11.8 Å². The normalized spacial score (nSPS) is 15.6. The van der Waals surface area contributed by atoms with Gasteiger partial charge >= 0.3 is 0 Å². The van der Waals surface area contributed by atoms with E-state index in [0.717, 1.165) is 21.2 Å². The molecule has 0 unspecified atom stereocenters. The van der Waals surface area contributed by atoms with Crippen molar-refractivity contribution < 1.29 is 14.0 Å². The van der Waals surface area contributed by atoms with E-state index in [0.29, 0.717) is 17.2 Å². The van der Waals surface area contributed by atoms with Gasteiger partial charge in [0.2, 0.25) is 0 Å². The number of carbonyl (C=O) groups is 2. The van der Waals surface area contributed by atoms with E-state index >= 15 is 0 Å². The van der Waals surface area contributed by atoms with Crippen LogP contribution in [0.1, 0.15) is 16.9 Å². The van der Waals surface area contributed by atoms with Crippen molar-refractivity contribution >= 4 is 56.8 Å². The lowest BCUT2D eigenvalue weighted by molar-refractivity contribution is -0.122. The molecule has 2 amide bonds. The van der Waals surface area contributed by atoms with Crippen LogP contribution in [-0.2, 0) is 9.59 Å². The first-order chi connectivity index (χ1) is 14.3. The standard InChI is InChI=1S/C23H17BrN2O3S/c1-13-4-3-5-15(10-13)26-22(28)18(21(27)25-23(26)30)12-16-7-9-20(29-16)17-8-6-14(2)11-19(17)24/h3-12H,1-2H3,(H,25,27,30)/b18-12+. The summed E-state index contributed by atoms with van der Waals surface area (Å²) in [6, 6.07) is 16.8. The first-order valence-corrected chi connectivity index (χ1v) is 10.4. The predicted molar refractivity (Wildman–Crippen MR) is 124 cm³/mol. The first kappa shape index (κ1) is 20.3. The molecule has 2 aromatic carbocycles. The Bertz CT molecular complexity index is 1230. The molecule has 1 aliphatic heterocycles. The van der Waals surface area contributed by atoms with Gasteiger partial charge < -0.3 is 4.42 Å². The molecule has 1 saturated heterocycles. The van der Waals surface area contributed by atoms with Crippen molar-refractivity contribution in [1.29, 1.82) is 0 Å². The Morgan fingerprint density at radius 3 is 2.53 bits per heavy atom. The van der Waals surface area contributed by atoms with Gasteiger partial charge in [0, 0.05) is 10.0 Å². The third-order valence-electron chi connectivity index (χ3n) is 4.66. The highest BCUT2D eigenvalue weighted by Gasteiger charge is 2.34. The molecule has 1 N–H and O–H groups in total. The summed E-state index contributed by atoms with van der Waals surface area (Å²) in [6.45, 7) is 3.92. The third kappa shape index (κ3) is 3.86. The summed E-state index contributed by atoms with van der Waals surface area (Å²) in [4.78, 5) is 26.9. The molecule has 1 fully saturated rings. The lowest BCUT2D eigenvalue weighted by Crippen LogP contribution is -2.54. The van der Waals surface area contributed by atoms with Crippen molar-refractivity contribution in [3.63, 3.8) is 0 Å². The number of rotatable bonds is 3. The maximum Gasteiger partial charge on any atom is 0.270 e. The summed E-state index contributed by atoms with van der Waals surface area (Å²) in [7, 11) is 0. The molecule has 5 nitrogen and oxygen atoms in total. The summed E-state index contributed by atoms with van der Waals surface area (Å²) in [5.41, 5.74) is 3.53.